The quantitative estimate of drug-likeness (QED) is 0.697. The Morgan fingerprint density at radius 3 is 2.59 bits per heavy atom. The van der Waals surface area contributed by atoms with Gasteiger partial charge in [-0.3, -0.25) is 14.6 Å². The Bertz CT molecular complexity index is 1050. The van der Waals surface area contributed by atoms with Gasteiger partial charge in [-0.05, 0) is 61.1 Å². The molecule has 4 rings (SSSR count). The zero-order valence-electron chi connectivity index (χ0n) is 16.3. The Morgan fingerprint density at radius 2 is 1.76 bits per heavy atom. The maximum absolute atomic E-state index is 13.1. The predicted octanol–water partition coefficient (Wildman–Crippen LogP) is 4.45. The van der Waals surface area contributed by atoms with Crippen LogP contribution in [0.4, 0.5) is 5.69 Å². The van der Waals surface area contributed by atoms with Crippen LogP contribution >= 0.6 is 0 Å². The predicted molar refractivity (Wildman–Crippen MR) is 113 cm³/mol. The highest BCUT2D eigenvalue weighted by Gasteiger charge is 2.24. The summed E-state index contributed by atoms with van der Waals surface area (Å²) in [5, 5.41) is 6.08. The first-order valence-electron chi connectivity index (χ1n) is 9.83. The highest BCUT2D eigenvalue weighted by Crippen LogP contribution is 2.30. The number of anilines is 1. The van der Waals surface area contributed by atoms with Gasteiger partial charge < -0.3 is 10.6 Å². The van der Waals surface area contributed by atoms with Crippen LogP contribution < -0.4 is 10.6 Å². The van der Waals surface area contributed by atoms with Crippen molar-refractivity contribution in [1.82, 2.24) is 10.3 Å². The van der Waals surface area contributed by atoms with Gasteiger partial charge in [-0.2, -0.15) is 0 Å². The second-order valence-corrected chi connectivity index (χ2v) is 7.30. The maximum atomic E-state index is 13.1. The minimum absolute atomic E-state index is 0.0169. The van der Waals surface area contributed by atoms with Crippen molar-refractivity contribution in [3.63, 3.8) is 0 Å². The van der Waals surface area contributed by atoms with Crippen molar-refractivity contribution >= 4 is 17.5 Å². The molecule has 2 N–H and O–H groups in total. The summed E-state index contributed by atoms with van der Waals surface area (Å²) in [7, 11) is 0. The molecule has 0 aliphatic heterocycles. The van der Waals surface area contributed by atoms with E-state index in [-0.39, 0.29) is 17.9 Å². The maximum Gasteiger partial charge on any atom is 0.255 e. The second kappa shape index (κ2) is 8.27. The van der Waals surface area contributed by atoms with Crippen LogP contribution in [0.1, 0.15) is 56.3 Å². The molecule has 146 valence electrons. The highest BCUT2D eigenvalue weighted by atomic mass is 16.2. The number of carbonyl (C=O) groups excluding carboxylic acids is 2. The van der Waals surface area contributed by atoms with Crippen LogP contribution in [0.5, 0.6) is 0 Å². The zero-order valence-corrected chi connectivity index (χ0v) is 16.3. The average Bonchev–Trinajstić information content (AvgIpc) is 2.76. The standard InChI is InChI=1S/C24H23N3O2/c1-16-6-4-10-20(22(16)27-23(28)18-12-14-25-15-13-18)24(29)26-21-11-5-8-17-7-2-3-9-19(17)21/h2-4,6-7,9-10,12-15,21H,5,8,11H2,1H3,(H,26,29)(H,27,28). The van der Waals surface area contributed by atoms with Crippen LogP contribution in [0, 0.1) is 6.92 Å². The van der Waals surface area contributed by atoms with Crippen molar-refractivity contribution in [1.29, 1.82) is 0 Å². The van der Waals surface area contributed by atoms with Crippen LogP contribution in [-0.2, 0) is 6.42 Å². The average molecular weight is 385 g/mol. The van der Waals surface area contributed by atoms with E-state index in [0.717, 1.165) is 24.8 Å². The topological polar surface area (TPSA) is 71.1 Å². The van der Waals surface area contributed by atoms with Crippen molar-refractivity contribution in [2.45, 2.75) is 32.2 Å². The van der Waals surface area contributed by atoms with Crippen LogP contribution in [0.3, 0.4) is 0 Å². The summed E-state index contributed by atoms with van der Waals surface area (Å²) < 4.78 is 0. The van der Waals surface area contributed by atoms with Gasteiger partial charge in [0.25, 0.3) is 11.8 Å². The third-order valence-corrected chi connectivity index (χ3v) is 5.37. The molecule has 0 bridgehead atoms. The number of carbonyl (C=O) groups is 2. The fourth-order valence-electron chi connectivity index (χ4n) is 3.85. The lowest BCUT2D eigenvalue weighted by Gasteiger charge is -2.27. The van der Waals surface area contributed by atoms with E-state index >= 15 is 0 Å². The molecule has 2 amide bonds. The number of pyridine rings is 1. The molecule has 1 heterocycles. The lowest BCUT2D eigenvalue weighted by atomic mass is 9.87. The fraction of sp³-hybridized carbons (Fsp3) is 0.208. The van der Waals surface area contributed by atoms with E-state index in [9.17, 15) is 9.59 Å². The third kappa shape index (κ3) is 4.04. The van der Waals surface area contributed by atoms with E-state index in [0.29, 0.717) is 16.8 Å². The van der Waals surface area contributed by atoms with E-state index in [1.165, 1.54) is 11.1 Å². The monoisotopic (exact) mass is 385 g/mol. The molecule has 3 aromatic rings. The van der Waals surface area contributed by atoms with Crippen molar-refractivity contribution in [3.05, 3.63) is 94.8 Å². The summed E-state index contributed by atoms with van der Waals surface area (Å²) in [4.78, 5) is 29.7. The number of para-hydroxylation sites is 1. The summed E-state index contributed by atoms with van der Waals surface area (Å²) in [6.45, 7) is 1.88. The Hall–Kier alpha value is -3.47. The van der Waals surface area contributed by atoms with Gasteiger partial charge in [0.05, 0.1) is 17.3 Å². The van der Waals surface area contributed by atoms with Crippen LogP contribution in [0.25, 0.3) is 0 Å². The first-order valence-corrected chi connectivity index (χ1v) is 9.83. The molecule has 1 atom stereocenters. The Labute approximate surface area is 170 Å². The zero-order chi connectivity index (χ0) is 20.2. The molecule has 1 unspecified atom stereocenters. The highest BCUT2D eigenvalue weighted by molar-refractivity contribution is 6.09. The number of aromatic nitrogens is 1. The number of nitrogens with one attached hydrogen (secondary N) is 2. The minimum atomic E-state index is -0.265. The summed E-state index contributed by atoms with van der Waals surface area (Å²) >= 11 is 0. The van der Waals surface area contributed by atoms with Gasteiger partial charge in [-0.15, -0.1) is 0 Å². The van der Waals surface area contributed by atoms with Gasteiger partial charge in [-0.1, -0.05) is 36.4 Å². The molecule has 0 radical (unpaired) electrons. The van der Waals surface area contributed by atoms with Gasteiger partial charge in [0, 0.05) is 18.0 Å². The molecule has 2 aromatic carbocycles. The second-order valence-electron chi connectivity index (χ2n) is 7.30. The molecule has 5 nitrogen and oxygen atoms in total. The number of fused-ring (bicyclic) bond motifs is 1. The van der Waals surface area contributed by atoms with Gasteiger partial charge >= 0.3 is 0 Å². The summed E-state index contributed by atoms with van der Waals surface area (Å²) in [5.74, 6) is -0.445. The summed E-state index contributed by atoms with van der Waals surface area (Å²) in [6, 6.07) is 17.0. The molecule has 5 heteroatoms. The molecule has 1 aromatic heterocycles. The number of amides is 2. The number of benzene rings is 2. The van der Waals surface area contributed by atoms with Gasteiger partial charge in [0.1, 0.15) is 0 Å². The molecule has 0 saturated heterocycles. The molecule has 0 spiro atoms. The first kappa shape index (κ1) is 18.9. The van der Waals surface area contributed by atoms with Crippen LogP contribution in [0.15, 0.2) is 67.0 Å². The molecule has 1 aliphatic carbocycles. The fourth-order valence-corrected chi connectivity index (χ4v) is 3.85. The van der Waals surface area contributed by atoms with E-state index in [1.54, 1.807) is 30.6 Å². The van der Waals surface area contributed by atoms with Gasteiger partial charge in [0.2, 0.25) is 0 Å². The number of aryl methyl sites for hydroxylation is 2. The van der Waals surface area contributed by atoms with Crippen molar-refractivity contribution in [2.75, 3.05) is 5.32 Å². The normalized spacial score (nSPS) is 15.3. The van der Waals surface area contributed by atoms with E-state index in [2.05, 4.69) is 27.8 Å². The molecular formula is C24H23N3O2. The Kier molecular flexibility index (Phi) is 5.38. The van der Waals surface area contributed by atoms with Gasteiger partial charge in [-0.25, -0.2) is 0 Å². The number of hydrogen-bond donors (Lipinski definition) is 2. The van der Waals surface area contributed by atoms with E-state index in [4.69, 9.17) is 0 Å². The van der Waals surface area contributed by atoms with Crippen molar-refractivity contribution in [3.8, 4) is 0 Å². The van der Waals surface area contributed by atoms with Gasteiger partial charge in [0.15, 0.2) is 0 Å². The number of rotatable bonds is 4. The van der Waals surface area contributed by atoms with E-state index in [1.807, 2.05) is 31.2 Å². The van der Waals surface area contributed by atoms with E-state index < -0.39 is 0 Å². The molecule has 29 heavy (non-hydrogen) atoms. The number of hydrogen-bond acceptors (Lipinski definition) is 3. The lowest BCUT2D eigenvalue weighted by molar-refractivity contribution is 0.0933. The summed E-state index contributed by atoms with van der Waals surface area (Å²) in [6.07, 6.45) is 6.14. The molecular weight excluding hydrogens is 362 g/mol. The minimum Gasteiger partial charge on any atom is -0.345 e. The molecule has 0 saturated carbocycles. The SMILES string of the molecule is Cc1cccc(C(=O)NC2CCCc3ccccc32)c1NC(=O)c1ccncc1. The van der Waals surface area contributed by atoms with Crippen LogP contribution in [0.2, 0.25) is 0 Å². The molecule has 1 aliphatic rings. The first-order chi connectivity index (χ1) is 14.1. The summed E-state index contributed by atoms with van der Waals surface area (Å²) in [5.41, 5.74) is 4.81. The largest absolute Gasteiger partial charge is 0.345 e. The lowest BCUT2D eigenvalue weighted by Crippen LogP contribution is -2.32. The Morgan fingerprint density at radius 1 is 0.966 bits per heavy atom. The third-order valence-electron chi connectivity index (χ3n) is 5.37. The van der Waals surface area contributed by atoms with Crippen molar-refractivity contribution < 1.29 is 9.59 Å². The number of nitrogens with zero attached hydrogens (tertiary/aromatic N) is 1. The Balaban J connectivity index is 1.58. The molecule has 0 fully saturated rings. The van der Waals surface area contributed by atoms with Crippen molar-refractivity contribution in [2.24, 2.45) is 0 Å². The van der Waals surface area contributed by atoms with Crippen LogP contribution in [-0.4, -0.2) is 16.8 Å². The smallest absolute Gasteiger partial charge is 0.255 e.